The number of aliphatic carboxylic acids is 1. The topological polar surface area (TPSA) is 109 Å². The van der Waals surface area contributed by atoms with Crippen molar-refractivity contribution in [2.75, 3.05) is 0 Å². The molecule has 0 saturated carbocycles. The summed E-state index contributed by atoms with van der Waals surface area (Å²) in [6, 6.07) is 6.52. The van der Waals surface area contributed by atoms with Gasteiger partial charge in [-0.3, -0.25) is 14.4 Å². The van der Waals surface area contributed by atoms with E-state index in [1.54, 1.807) is 32.9 Å². The Balaban J connectivity index is 2.72. The summed E-state index contributed by atoms with van der Waals surface area (Å²) >= 11 is 5.85. The Hall–Kier alpha value is -2.08. The predicted molar refractivity (Wildman–Crippen MR) is 101 cm³/mol. The molecule has 0 radical (unpaired) electrons. The van der Waals surface area contributed by atoms with Gasteiger partial charge in [0, 0.05) is 10.9 Å². The molecule has 6 nitrogen and oxygen atoms in total. The van der Waals surface area contributed by atoms with Crippen LogP contribution in [-0.4, -0.2) is 28.9 Å². The molecule has 0 bridgehead atoms. The van der Waals surface area contributed by atoms with E-state index in [0.717, 1.165) is 5.56 Å². The van der Waals surface area contributed by atoms with Crippen molar-refractivity contribution < 1.29 is 19.5 Å². The molecular formula is C19H27ClN2O4. The summed E-state index contributed by atoms with van der Waals surface area (Å²) in [4.78, 5) is 35.3. The first-order valence-electron chi connectivity index (χ1n) is 8.56. The van der Waals surface area contributed by atoms with Gasteiger partial charge in [-0.15, -0.1) is 0 Å². The fourth-order valence-electron chi connectivity index (χ4n) is 2.71. The summed E-state index contributed by atoms with van der Waals surface area (Å²) in [5, 5.41) is 12.4. The van der Waals surface area contributed by atoms with Gasteiger partial charge >= 0.3 is 5.97 Å². The number of nitrogens with two attached hydrogens (primary N) is 1. The van der Waals surface area contributed by atoms with Gasteiger partial charge in [0.15, 0.2) is 0 Å². The highest BCUT2D eigenvalue weighted by atomic mass is 35.5. The number of carboxylic acids is 1. The van der Waals surface area contributed by atoms with E-state index in [2.05, 4.69) is 5.32 Å². The summed E-state index contributed by atoms with van der Waals surface area (Å²) in [5.41, 5.74) is 5.89. The van der Waals surface area contributed by atoms with Crippen LogP contribution in [0.25, 0.3) is 0 Å². The fourth-order valence-corrected chi connectivity index (χ4v) is 2.84. The SMILES string of the molecule is CC(C)(C)[C@H](NC(=O)[C@H](CCCc1ccc(Cl)cc1)CC(=O)O)C(N)=O. The molecule has 4 N–H and O–H groups in total. The first-order chi connectivity index (χ1) is 12.0. The molecule has 0 fully saturated rings. The van der Waals surface area contributed by atoms with E-state index in [4.69, 9.17) is 22.4 Å². The zero-order chi connectivity index (χ0) is 19.9. The van der Waals surface area contributed by atoms with Crippen molar-refractivity contribution in [3.05, 3.63) is 34.9 Å². The van der Waals surface area contributed by atoms with E-state index in [1.807, 2.05) is 12.1 Å². The maximum absolute atomic E-state index is 12.5. The molecule has 1 rings (SSSR count). The largest absolute Gasteiger partial charge is 0.481 e. The second-order valence-electron chi connectivity index (χ2n) is 7.52. The van der Waals surface area contributed by atoms with Gasteiger partial charge in [-0.2, -0.15) is 0 Å². The van der Waals surface area contributed by atoms with Crippen LogP contribution < -0.4 is 11.1 Å². The quantitative estimate of drug-likeness (QED) is 0.609. The summed E-state index contributed by atoms with van der Waals surface area (Å²) in [7, 11) is 0. The van der Waals surface area contributed by atoms with Gasteiger partial charge < -0.3 is 16.2 Å². The Morgan fingerprint density at radius 3 is 2.23 bits per heavy atom. The van der Waals surface area contributed by atoms with Crippen LogP contribution in [0.2, 0.25) is 5.02 Å². The van der Waals surface area contributed by atoms with Gasteiger partial charge in [-0.05, 0) is 42.4 Å². The van der Waals surface area contributed by atoms with E-state index in [9.17, 15) is 14.4 Å². The van der Waals surface area contributed by atoms with Crippen LogP contribution in [0.4, 0.5) is 0 Å². The lowest BCUT2D eigenvalue weighted by Gasteiger charge is -2.30. The standard InChI is InChI=1S/C19H27ClN2O4/c1-19(2,3)16(17(21)25)22-18(26)13(11-15(23)24)6-4-5-12-7-9-14(20)10-8-12/h7-10,13,16H,4-6,11H2,1-3H3,(H2,21,25)(H,22,26)(H,23,24)/t13-,16-/m1/s1. The summed E-state index contributed by atoms with van der Waals surface area (Å²) in [6.45, 7) is 5.36. The predicted octanol–water partition coefficient (Wildman–Crippen LogP) is 2.77. The number of rotatable bonds is 9. The van der Waals surface area contributed by atoms with Crippen LogP contribution >= 0.6 is 11.6 Å². The first kappa shape index (κ1) is 22.0. The normalized spacial score (nSPS) is 13.7. The van der Waals surface area contributed by atoms with E-state index in [1.165, 1.54) is 0 Å². The Morgan fingerprint density at radius 1 is 1.19 bits per heavy atom. The number of halogens is 1. The zero-order valence-electron chi connectivity index (χ0n) is 15.4. The molecule has 0 heterocycles. The number of amides is 2. The average molecular weight is 383 g/mol. The Kier molecular flexibility index (Phi) is 8.08. The van der Waals surface area contributed by atoms with Crippen molar-refractivity contribution in [2.24, 2.45) is 17.1 Å². The van der Waals surface area contributed by atoms with Crippen LogP contribution in [0.1, 0.15) is 45.6 Å². The Labute approximate surface area is 159 Å². The molecule has 0 spiro atoms. The maximum atomic E-state index is 12.5. The van der Waals surface area contributed by atoms with Crippen molar-refractivity contribution in [2.45, 2.75) is 52.5 Å². The van der Waals surface area contributed by atoms with Crippen LogP contribution in [0.3, 0.4) is 0 Å². The smallest absolute Gasteiger partial charge is 0.304 e. The molecule has 26 heavy (non-hydrogen) atoms. The van der Waals surface area contributed by atoms with Crippen molar-refractivity contribution >= 4 is 29.4 Å². The lowest BCUT2D eigenvalue weighted by atomic mass is 9.85. The lowest BCUT2D eigenvalue weighted by Crippen LogP contribution is -2.53. The zero-order valence-corrected chi connectivity index (χ0v) is 16.2. The van der Waals surface area contributed by atoms with Crippen LogP contribution in [0, 0.1) is 11.3 Å². The second-order valence-corrected chi connectivity index (χ2v) is 7.96. The van der Waals surface area contributed by atoms with Crippen LogP contribution in [0.15, 0.2) is 24.3 Å². The number of primary amides is 1. The van der Waals surface area contributed by atoms with Crippen molar-refractivity contribution in [3.8, 4) is 0 Å². The second kappa shape index (κ2) is 9.57. The summed E-state index contributed by atoms with van der Waals surface area (Å²) in [5.74, 6) is -2.87. The van der Waals surface area contributed by atoms with Gasteiger partial charge in [0.25, 0.3) is 0 Å². The molecule has 1 aromatic carbocycles. The molecule has 0 aliphatic rings. The Bertz CT molecular complexity index is 638. The third-order valence-corrected chi connectivity index (χ3v) is 4.41. The molecule has 2 amide bonds. The monoisotopic (exact) mass is 382 g/mol. The van der Waals surface area contributed by atoms with E-state index < -0.39 is 35.2 Å². The first-order valence-corrected chi connectivity index (χ1v) is 8.94. The summed E-state index contributed by atoms with van der Waals surface area (Å²) < 4.78 is 0. The number of hydrogen-bond acceptors (Lipinski definition) is 3. The highest BCUT2D eigenvalue weighted by Gasteiger charge is 2.33. The van der Waals surface area contributed by atoms with Gasteiger partial charge in [-0.1, -0.05) is 44.5 Å². The van der Waals surface area contributed by atoms with Gasteiger partial charge in [0.05, 0.1) is 6.42 Å². The van der Waals surface area contributed by atoms with E-state index in [-0.39, 0.29) is 6.42 Å². The van der Waals surface area contributed by atoms with Crippen molar-refractivity contribution in [1.82, 2.24) is 5.32 Å². The average Bonchev–Trinajstić information content (AvgIpc) is 2.51. The third-order valence-electron chi connectivity index (χ3n) is 4.16. The molecule has 0 saturated heterocycles. The highest BCUT2D eigenvalue weighted by Crippen LogP contribution is 2.21. The molecule has 2 atom stereocenters. The number of carbonyl (C=O) groups is 3. The fraction of sp³-hybridized carbons (Fsp3) is 0.526. The number of carboxylic acid groups (broad SMARTS) is 1. The van der Waals surface area contributed by atoms with Crippen molar-refractivity contribution in [1.29, 1.82) is 0 Å². The molecule has 0 aliphatic carbocycles. The molecule has 0 aromatic heterocycles. The lowest BCUT2D eigenvalue weighted by molar-refractivity contribution is -0.142. The van der Waals surface area contributed by atoms with Crippen LogP contribution in [-0.2, 0) is 20.8 Å². The van der Waals surface area contributed by atoms with Gasteiger partial charge in [0.1, 0.15) is 6.04 Å². The molecular weight excluding hydrogens is 356 g/mol. The number of benzene rings is 1. The van der Waals surface area contributed by atoms with Gasteiger partial charge in [-0.25, -0.2) is 0 Å². The Morgan fingerprint density at radius 2 is 1.77 bits per heavy atom. The number of hydrogen-bond donors (Lipinski definition) is 3. The summed E-state index contributed by atoms with van der Waals surface area (Å²) in [6.07, 6.45) is 1.46. The molecule has 1 aromatic rings. The minimum atomic E-state index is -1.05. The molecule has 0 aliphatic heterocycles. The van der Waals surface area contributed by atoms with Gasteiger partial charge in [0.2, 0.25) is 11.8 Å². The number of carbonyl (C=O) groups excluding carboxylic acids is 2. The third kappa shape index (κ3) is 7.44. The highest BCUT2D eigenvalue weighted by molar-refractivity contribution is 6.30. The molecule has 0 unspecified atom stereocenters. The molecule has 7 heteroatoms. The number of aryl methyl sites for hydroxylation is 1. The number of nitrogens with one attached hydrogen (secondary N) is 1. The van der Waals surface area contributed by atoms with E-state index in [0.29, 0.717) is 24.3 Å². The molecule has 144 valence electrons. The van der Waals surface area contributed by atoms with Crippen LogP contribution in [0.5, 0.6) is 0 Å². The maximum Gasteiger partial charge on any atom is 0.304 e. The van der Waals surface area contributed by atoms with E-state index >= 15 is 0 Å². The van der Waals surface area contributed by atoms with Crippen molar-refractivity contribution in [3.63, 3.8) is 0 Å². The minimum absolute atomic E-state index is 0.290. The minimum Gasteiger partial charge on any atom is -0.481 e.